The molecule has 0 spiro atoms. The van der Waals surface area contributed by atoms with Gasteiger partial charge in [0.1, 0.15) is 11.8 Å². The Morgan fingerprint density at radius 3 is 2.39 bits per heavy atom. The van der Waals surface area contributed by atoms with E-state index in [-0.39, 0.29) is 18.1 Å². The van der Waals surface area contributed by atoms with Gasteiger partial charge in [-0.2, -0.15) is 4.98 Å². The first-order valence-corrected chi connectivity index (χ1v) is 11.5. The maximum absolute atomic E-state index is 13.7. The lowest BCUT2D eigenvalue weighted by molar-refractivity contribution is -0.131. The Balaban J connectivity index is 1.77. The number of hydrogen-bond donors (Lipinski definition) is 0. The van der Waals surface area contributed by atoms with Gasteiger partial charge in [0, 0.05) is 18.7 Å². The molecule has 1 atom stereocenters. The molecule has 0 unspecified atom stereocenters. The lowest BCUT2D eigenvalue weighted by atomic mass is 10.2. The van der Waals surface area contributed by atoms with Crippen LogP contribution in [-0.2, 0) is 21.4 Å². The monoisotopic (exact) mass is 480 g/mol. The van der Waals surface area contributed by atoms with Crippen molar-refractivity contribution in [3.8, 4) is 17.1 Å². The molecular weight excluding hydrogens is 458 g/mol. The summed E-state index contributed by atoms with van der Waals surface area (Å²) in [6.07, 6.45) is 0.872. The van der Waals surface area contributed by atoms with Crippen LogP contribution in [0.25, 0.3) is 11.4 Å². The maximum atomic E-state index is 13.7. The first-order valence-electron chi connectivity index (χ1n) is 9.67. The fourth-order valence-corrected chi connectivity index (χ4v) is 4.36. The van der Waals surface area contributed by atoms with E-state index >= 15 is 0 Å². The largest absolute Gasteiger partial charge is 0.497 e. The summed E-state index contributed by atoms with van der Waals surface area (Å²) in [5.74, 6) is -1.88. The highest BCUT2D eigenvalue weighted by Crippen LogP contribution is 2.24. The molecule has 0 aliphatic rings. The van der Waals surface area contributed by atoms with Crippen LogP contribution in [0, 0.1) is 11.6 Å². The Morgan fingerprint density at radius 2 is 1.82 bits per heavy atom. The van der Waals surface area contributed by atoms with Gasteiger partial charge in [-0.3, -0.25) is 9.10 Å². The van der Waals surface area contributed by atoms with Gasteiger partial charge in [-0.1, -0.05) is 5.16 Å². The molecule has 0 radical (unpaired) electrons. The predicted octanol–water partition coefficient (Wildman–Crippen LogP) is 2.84. The molecule has 176 valence electrons. The summed E-state index contributed by atoms with van der Waals surface area (Å²) in [4.78, 5) is 18.4. The smallest absolute Gasteiger partial charge is 0.246 e. The number of ether oxygens (including phenoxy) is 1. The molecule has 0 saturated heterocycles. The number of halogens is 2. The van der Waals surface area contributed by atoms with Gasteiger partial charge in [0.05, 0.1) is 25.6 Å². The fourth-order valence-electron chi connectivity index (χ4n) is 3.20. The van der Waals surface area contributed by atoms with Crippen molar-refractivity contribution in [1.82, 2.24) is 15.0 Å². The van der Waals surface area contributed by atoms with E-state index in [9.17, 15) is 22.0 Å². The number of methoxy groups -OCH3 is 1. The van der Waals surface area contributed by atoms with Crippen molar-refractivity contribution in [2.75, 3.05) is 24.7 Å². The van der Waals surface area contributed by atoms with Gasteiger partial charge in [0.2, 0.25) is 27.6 Å². The zero-order valence-electron chi connectivity index (χ0n) is 18.3. The number of carbonyl (C=O) groups excluding carboxylic acids is 1. The third-order valence-corrected chi connectivity index (χ3v) is 6.03. The molecule has 2 aromatic carbocycles. The normalized spacial score (nSPS) is 12.3. The minimum absolute atomic E-state index is 0.0955. The highest BCUT2D eigenvalue weighted by atomic mass is 32.2. The van der Waals surface area contributed by atoms with E-state index in [2.05, 4.69) is 10.1 Å². The van der Waals surface area contributed by atoms with Crippen molar-refractivity contribution in [3.63, 3.8) is 0 Å². The number of likely N-dealkylation sites (N-methyl/N-ethyl adjacent to an activating group) is 1. The van der Waals surface area contributed by atoms with Crippen LogP contribution in [0.15, 0.2) is 47.0 Å². The number of aromatic nitrogens is 2. The molecule has 0 saturated carbocycles. The number of nitrogens with zero attached hydrogens (tertiary/aromatic N) is 4. The number of benzene rings is 2. The van der Waals surface area contributed by atoms with Gasteiger partial charge >= 0.3 is 0 Å². The van der Waals surface area contributed by atoms with Gasteiger partial charge < -0.3 is 14.2 Å². The van der Waals surface area contributed by atoms with Crippen molar-refractivity contribution in [3.05, 3.63) is 60.0 Å². The number of carbonyl (C=O) groups is 1. The van der Waals surface area contributed by atoms with Gasteiger partial charge in [-0.25, -0.2) is 17.2 Å². The molecular formula is C21H22F2N4O5S. The summed E-state index contributed by atoms with van der Waals surface area (Å²) < 4.78 is 62.7. The summed E-state index contributed by atoms with van der Waals surface area (Å²) >= 11 is 0. The van der Waals surface area contributed by atoms with E-state index in [1.54, 1.807) is 31.4 Å². The third-order valence-electron chi connectivity index (χ3n) is 4.79. The summed E-state index contributed by atoms with van der Waals surface area (Å²) in [5.41, 5.74) is 0.500. The van der Waals surface area contributed by atoms with Crippen LogP contribution in [-0.4, -0.2) is 55.8 Å². The quantitative estimate of drug-likeness (QED) is 0.488. The second kappa shape index (κ2) is 9.53. The Hall–Kier alpha value is -3.54. The van der Waals surface area contributed by atoms with Crippen molar-refractivity contribution < 1.29 is 31.3 Å². The second-order valence-corrected chi connectivity index (χ2v) is 9.13. The van der Waals surface area contributed by atoms with Crippen LogP contribution >= 0.6 is 0 Å². The van der Waals surface area contributed by atoms with Crippen LogP contribution in [0.5, 0.6) is 5.75 Å². The highest BCUT2D eigenvalue weighted by molar-refractivity contribution is 7.92. The van der Waals surface area contributed by atoms with Crippen LogP contribution < -0.4 is 9.04 Å². The topological polar surface area (TPSA) is 106 Å². The van der Waals surface area contributed by atoms with Crippen LogP contribution in [0.3, 0.4) is 0 Å². The molecule has 0 fully saturated rings. The number of sulfonamides is 1. The maximum Gasteiger partial charge on any atom is 0.246 e. The predicted molar refractivity (Wildman–Crippen MR) is 116 cm³/mol. The van der Waals surface area contributed by atoms with Crippen LogP contribution in [0.4, 0.5) is 14.5 Å². The molecule has 33 heavy (non-hydrogen) atoms. The second-order valence-electron chi connectivity index (χ2n) is 7.27. The third kappa shape index (κ3) is 5.45. The van der Waals surface area contributed by atoms with E-state index in [0.29, 0.717) is 17.1 Å². The molecule has 3 aromatic rings. The zero-order valence-corrected chi connectivity index (χ0v) is 19.1. The van der Waals surface area contributed by atoms with Crippen LogP contribution in [0.1, 0.15) is 12.8 Å². The van der Waals surface area contributed by atoms with Gasteiger partial charge in [0.15, 0.2) is 11.6 Å². The Kier molecular flexibility index (Phi) is 6.96. The van der Waals surface area contributed by atoms with Crippen molar-refractivity contribution in [2.45, 2.75) is 19.5 Å². The number of hydrogen-bond acceptors (Lipinski definition) is 7. The fraction of sp³-hybridized carbons (Fsp3) is 0.286. The number of amides is 1. The minimum Gasteiger partial charge on any atom is -0.497 e. The van der Waals surface area contributed by atoms with Gasteiger partial charge in [-0.15, -0.1) is 0 Å². The zero-order chi connectivity index (χ0) is 24.3. The summed E-state index contributed by atoms with van der Waals surface area (Å²) in [6.45, 7) is 1.25. The van der Waals surface area contributed by atoms with E-state index in [4.69, 9.17) is 9.26 Å². The van der Waals surface area contributed by atoms with Crippen molar-refractivity contribution >= 4 is 21.6 Å². The average molecular weight is 480 g/mol. The van der Waals surface area contributed by atoms with E-state index in [1.165, 1.54) is 18.9 Å². The lowest BCUT2D eigenvalue weighted by Crippen LogP contribution is -2.48. The Labute approximate surface area is 189 Å². The molecule has 1 heterocycles. The molecule has 3 rings (SSSR count). The van der Waals surface area contributed by atoms with E-state index in [0.717, 1.165) is 28.8 Å². The molecule has 0 bridgehead atoms. The SMILES string of the molecule is COc1ccc(-c2noc(CN(C)C(=O)[C@@H](C)N(c3ccc(F)c(F)c3)S(C)(=O)=O)n2)cc1. The highest BCUT2D eigenvalue weighted by Gasteiger charge is 2.32. The number of rotatable bonds is 8. The molecule has 1 aromatic heterocycles. The average Bonchev–Trinajstić information content (AvgIpc) is 3.23. The lowest BCUT2D eigenvalue weighted by Gasteiger charge is -2.30. The van der Waals surface area contributed by atoms with Crippen LogP contribution in [0.2, 0.25) is 0 Å². The first kappa shape index (κ1) is 24.1. The first-order chi connectivity index (χ1) is 15.5. The molecule has 9 nitrogen and oxygen atoms in total. The van der Waals surface area contributed by atoms with Gasteiger partial charge in [-0.05, 0) is 43.3 Å². The van der Waals surface area contributed by atoms with E-state index in [1.807, 2.05) is 0 Å². The minimum atomic E-state index is -4.00. The van der Waals surface area contributed by atoms with Gasteiger partial charge in [0.25, 0.3) is 0 Å². The standard InChI is InChI=1S/C21H22F2N4O5S/c1-13(27(33(4,29)30)15-7-10-17(22)18(23)11-15)21(28)26(2)12-19-24-20(25-32-19)14-5-8-16(31-3)9-6-14/h5-11,13H,12H2,1-4H3/t13-/m1/s1. The molecule has 0 aliphatic heterocycles. The molecule has 1 amide bonds. The molecule has 0 aliphatic carbocycles. The molecule has 12 heteroatoms. The summed E-state index contributed by atoms with van der Waals surface area (Å²) in [7, 11) is -1.02. The summed E-state index contributed by atoms with van der Waals surface area (Å²) in [6, 6.07) is 8.32. The summed E-state index contributed by atoms with van der Waals surface area (Å²) in [5, 5.41) is 3.89. The van der Waals surface area contributed by atoms with Crippen molar-refractivity contribution in [2.24, 2.45) is 0 Å². The van der Waals surface area contributed by atoms with E-state index < -0.39 is 33.6 Å². The van der Waals surface area contributed by atoms with Crippen molar-refractivity contribution in [1.29, 1.82) is 0 Å². The Bertz CT molecular complexity index is 1250. The number of anilines is 1. The molecule has 0 N–H and O–H groups in total. The Morgan fingerprint density at radius 1 is 1.15 bits per heavy atom.